The predicted octanol–water partition coefficient (Wildman–Crippen LogP) is 3.08. The number of amides is 1. The molecule has 2 rings (SSSR count). The van der Waals surface area contributed by atoms with E-state index in [4.69, 9.17) is 0 Å². The number of nitrogens with zero attached hydrogens (tertiary/aromatic N) is 1. The normalized spacial score (nSPS) is 19.8. The summed E-state index contributed by atoms with van der Waals surface area (Å²) in [6, 6.07) is 1.05. The van der Waals surface area contributed by atoms with Gasteiger partial charge in [0.05, 0.1) is 0 Å². The van der Waals surface area contributed by atoms with Gasteiger partial charge in [0, 0.05) is 18.9 Å². The molecule has 1 aromatic rings. The molecule has 4 nitrogen and oxygen atoms in total. The standard InChI is InChI=1S/C12H14F2N2O2/c1-12(13,14)9-7-10(18-16-9)15-11(17)8-5-3-2-4-6-8/h2-3,7-8H,4-6H2,1H3,(H,15,17)/t8-/m1/s1. The van der Waals surface area contributed by atoms with Crippen LogP contribution in [0.1, 0.15) is 31.9 Å². The van der Waals surface area contributed by atoms with Crippen molar-refractivity contribution >= 4 is 11.8 Å². The number of alkyl halides is 2. The molecule has 1 atom stereocenters. The second-order valence-corrected chi connectivity index (χ2v) is 4.44. The van der Waals surface area contributed by atoms with Crippen molar-refractivity contribution in [3.63, 3.8) is 0 Å². The largest absolute Gasteiger partial charge is 0.338 e. The molecule has 1 aliphatic carbocycles. The molecule has 0 saturated heterocycles. The first-order chi connectivity index (χ1) is 8.47. The molecule has 1 N–H and O–H groups in total. The molecule has 6 heteroatoms. The Labute approximate surface area is 103 Å². The van der Waals surface area contributed by atoms with E-state index in [1.54, 1.807) is 0 Å². The van der Waals surface area contributed by atoms with Crippen molar-refractivity contribution in [1.29, 1.82) is 0 Å². The van der Waals surface area contributed by atoms with Crippen molar-refractivity contribution in [3.8, 4) is 0 Å². The van der Waals surface area contributed by atoms with Crippen LogP contribution in [0, 0.1) is 5.92 Å². The molecule has 18 heavy (non-hydrogen) atoms. The molecule has 0 aliphatic heterocycles. The highest BCUT2D eigenvalue weighted by molar-refractivity contribution is 5.91. The van der Waals surface area contributed by atoms with Gasteiger partial charge in [0.15, 0.2) is 5.69 Å². The molecule has 0 unspecified atom stereocenters. The number of nitrogens with one attached hydrogen (secondary N) is 1. The molecular formula is C12H14F2N2O2. The highest BCUT2D eigenvalue weighted by Crippen LogP contribution is 2.28. The molecule has 0 radical (unpaired) electrons. The van der Waals surface area contributed by atoms with Crippen molar-refractivity contribution in [2.24, 2.45) is 5.92 Å². The summed E-state index contributed by atoms with van der Waals surface area (Å²) < 4.78 is 30.5. The summed E-state index contributed by atoms with van der Waals surface area (Å²) in [5.74, 6) is -3.46. The van der Waals surface area contributed by atoms with E-state index in [0.29, 0.717) is 6.42 Å². The fourth-order valence-electron chi connectivity index (χ4n) is 1.80. The predicted molar refractivity (Wildman–Crippen MR) is 61.2 cm³/mol. The van der Waals surface area contributed by atoms with Crippen LogP contribution in [0.3, 0.4) is 0 Å². The number of aromatic nitrogens is 1. The van der Waals surface area contributed by atoms with Crippen LogP contribution >= 0.6 is 0 Å². The number of hydrogen-bond acceptors (Lipinski definition) is 3. The van der Waals surface area contributed by atoms with Crippen LogP contribution in [0.5, 0.6) is 0 Å². The number of allylic oxidation sites excluding steroid dienone is 2. The third-order valence-corrected chi connectivity index (χ3v) is 2.85. The average Bonchev–Trinajstić information content (AvgIpc) is 2.78. The zero-order chi connectivity index (χ0) is 13.2. The fourth-order valence-corrected chi connectivity index (χ4v) is 1.80. The molecule has 0 spiro atoms. The van der Waals surface area contributed by atoms with Crippen molar-refractivity contribution in [2.45, 2.75) is 32.1 Å². The van der Waals surface area contributed by atoms with Gasteiger partial charge in [-0.2, -0.15) is 8.78 Å². The minimum atomic E-state index is -3.07. The number of carbonyl (C=O) groups is 1. The summed E-state index contributed by atoms with van der Waals surface area (Å²) in [6.07, 6.45) is 6.24. The number of hydrogen-bond donors (Lipinski definition) is 1. The highest BCUT2D eigenvalue weighted by Gasteiger charge is 2.29. The van der Waals surface area contributed by atoms with Crippen LogP contribution in [0.2, 0.25) is 0 Å². The van der Waals surface area contributed by atoms with E-state index in [1.165, 1.54) is 0 Å². The number of halogens is 2. The van der Waals surface area contributed by atoms with Gasteiger partial charge in [-0.15, -0.1) is 0 Å². The minimum Gasteiger partial charge on any atom is -0.338 e. The Bertz CT molecular complexity index is 463. The first kappa shape index (κ1) is 12.7. The third-order valence-electron chi connectivity index (χ3n) is 2.85. The van der Waals surface area contributed by atoms with Crippen molar-refractivity contribution in [2.75, 3.05) is 5.32 Å². The number of anilines is 1. The zero-order valence-corrected chi connectivity index (χ0v) is 9.95. The maximum absolute atomic E-state index is 12.9. The van der Waals surface area contributed by atoms with Crippen molar-refractivity contribution in [3.05, 3.63) is 23.9 Å². The monoisotopic (exact) mass is 256 g/mol. The van der Waals surface area contributed by atoms with Gasteiger partial charge < -0.3 is 4.52 Å². The van der Waals surface area contributed by atoms with E-state index in [-0.39, 0.29) is 17.7 Å². The van der Waals surface area contributed by atoms with Gasteiger partial charge in [0.25, 0.3) is 5.92 Å². The number of carbonyl (C=O) groups excluding carboxylic acids is 1. The quantitative estimate of drug-likeness (QED) is 0.845. The lowest BCUT2D eigenvalue weighted by Crippen LogP contribution is -2.23. The molecule has 0 bridgehead atoms. The Morgan fingerprint density at radius 3 is 2.89 bits per heavy atom. The van der Waals surface area contributed by atoms with Crippen LogP contribution in [0.25, 0.3) is 0 Å². The summed E-state index contributed by atoms with van der Waals surface area (Å²) in [5.41, 5.74) is -0.485. The second kappa shape index (κ2) is 4.88. The van der Waals surface area contributed by atoms with Gasteiger partial charge in [-0.3, -0.25) is 10.1 Å². The van der Waals surface area contributed by atoms with E-state index in [2.05, 4.69) is 15.0 Å². The Kier molecular flexibility index (Phi) is 3.45. The van der Waals surface area contributed by atoms with E-state index in [0.717, 1.165) is 25.8 Å². The van der Waals surface area contributed by atoms with Gasteiger partial charge in [0.2, 0.25) is 11.8 Å². The van der Waals surface area contributed by atoms with E-state index >= 15 is 0 Å². The summed E-state index contributed by atoms with van der Waals surface area (Å²) >= 11 is 0. The van der Waals surface area contributed by atoms with E-state index in [1.807, 2.05) is 12.2 Å². The lowest BCUT2D eigenvalue weighted by atomic mass is 9.94. The third kappa shape index (κ3) is 2.94. The minimum absolute atomic E-state index is 0.0360. The highest BCUT2D eigenvalue weighted by atomic mass is 19.3. The SMILES string of the molecule is CC(F)(F)c1cc(NC(=O)[C@@H]2CC=CCC2)on1. The molecule has 1 amide bonds. The lowest BCUT2D eigenvalue weighted by Gasteiger charge is -2.15. The maximum Gasteiger partial charge on any atom is 0.290 e. The lowest BCUT2D eigenvalue weighted by molar-refractivity contribution is -0.120. The molecule has 0 aromatic carbocycles. The zero-order valence-electron chi connectivity index (χ0n) is 9.95. The Morgan fingerprint density at radius 2 is 2.33 bits per heavy atom. The van der Waals surface area contributed by atoms with Crippen molar-refractivity contribution in [1.82, 2.24) is 5.16 Å². The van der Waals surface area contributed by atoms with Crippen LogP contribution in [-0.4, -0.2) is 11.1 Å². The fraction of sp³-hybridized carbons (Fsp3) is 0.500. The molecule has 1 heterocycles. The Balaban J connectivity index is 1.99. The first-order valence-electron chi connectivity index (χ1n) is 5.77. The Hall–Kier alpha value is -1.72. The van der Waals surface area contributed by atoms with Gasteiger partial charge in [0.1, 0.15) is 0 Å². The van der Waals surface area contributed by atoms with E-state index in [9.17, 15) is 13.6 Å². The molecule has 98 valence electrons. The second-order valence-electron chi connectivity index (χ2n) is 4.44. The summed E-state index contributed by atoms with van der Waals surface area (Å²) in [6.45, 7) is 0.725. The summed E-state index contributed by atoms with van der Waals surface area (Å²) in [7, 11) is 0. The molecule has 0 saturated carbocycles. The Morgan fingerprint density at radius 1 is 1.56 bits per heavy atom. The first-order valence-corrected chi connectivity index (χ1v) is 5.77. The number of rotatable bonds is 3. The smallest absolute Gasteiger partial charge is 0.290 e. The molecule has 1 aromatic heterocycles. The maximum atomic E-state index is 12.9. The van der Waals surface area contributed by atoms with Crippen LogP contribution in [0.4, 0.5) is 14.7 Å². The van der Waals surface area contributed by atoms with Crippen LogP contribution < -0.4 is 5.32 Å². The van der Waals surface area contributed by atoms with Gasteiger partial charge in [-0.1, -0.05) is 17.3 Å². The van der Waals surface area contributed by atoms with Crippen LogP contribution in [-0.2, 0) is 10.7 Å². The topological polar surface area (TPSA) is 55.1 Å². The summed E-state index contributed by atoms with van der Waals surface area (Å²) in [5, 5.41) is 5.70. The molecule has 0 fully saturated rings. The molecule has 1 aliphatic rings. The summed E-state index contributed by atoms with van der Waals surface area (Å²) in [4.78, 5) is 11.8. The van der Waals surface area contributed by atoms with E-state index < -0.39 is 11.6 Å². The van der Waals surface area contributed by atoms with Gasteiger partial charge in [-0.05, 0) is 19.3 Å². The molecular weight excluding hydrogens is 242 g/mol. The van der Waals surface area contributed by atoms with Crippen molar-refractivity contribution < 1.29 is 18.1 Å². The van der Waals surface area contributed by atoms with Crippen LogP contribution in [0.15, 0.2) is 22.7 Å². The van der Waals surface area contributed by atoms with Gasteiger partial charge >= 0.3 is 0 Å². The average molecular weight is 256 g/mol. The van der Waals surface area contributed by atoms with Gasteiger partial charge in [-0.25, -0.2) is 0 Å².